The minimum atomic E-state index is 0.0976. The van der Waals surface area contributed by atoms with Crippen LogP contribution in [0.2, 0.25) is 5.02 Å². The number of hydrogen-bond donors (Lipinski definition) is 2. The molecule has 0 bridgehead atoms. The van der Waals surface area contributed by atoms with Crippen LogP contribution in [0.3, 0.4) is 0 Å². The molecule has 108 valence electrons. The van der Waals surface area contributed by atoms with Gasteiger partial charge in [-0.25, -0.2) is 0 Å². The zero-order valence-electron chi connectivity index (χ0n) is 12.5. The molecule has 0 spiro atoms. The van der Waals surface area contributed by atoms with Crippen LogP contribution in [-0.4, -0.2) is 7.11 Å². The molecule has 0 heterocycles. The summed E-state index contributed by atoms with van der Waals surface area (Å²) in [7, 11) is 1.62. The first-order valence-corrected chi connectivity index (χ1v) is 6.97. The Labute approximate surface area is 121 Å². The summed E-state index contributed by atoms with van der Waals surface area (Å²) in [6, 6.07) is 5.88. The second-order valence-corrected chi connectivity index (χ2v) is 6.52. The molecule has 1 aromatic carbocycles. The number of halogens is 1. The second kappa shape index (κ2) is 6.60. The molecule has 0 aromatic heterocycles. The fraction of sp³-hybridized carbons (Fsp3) is 0.600. The molecule has 2 unspecified atom stereocenters. The summed E-state index contributed by atoms with van der Waals surface area (Å²) in [4.78, 5) is 0. The topological polar surface area (TPSA) is 47.3 Å². The predicted octanol–water partition coefficient (Wildman–Crippen LogP) is 3.93. The average Bonchev–Trinajstić information content (AvgIpc) is 2.35. The Morgan fingerprint density at radius 3 is 2.47 bits per heavy atom. The number of nitrogens with two attached hydrogens (primary N) is 1. The fourth-order valence-electron chi connectivity index (χ4n) is 1.90. The molecular weight excluding hydrogens is 260 g/mol. The van der Waals surface area contributed by atoms with Crippen molar-refractivity contribution in [1.82, 2.24) is 5.43 Å². The van der Waals surface area contributed by atoms with Gasteiger partial charge in [-0.05, 0) is 35.4 Å². The largest absolute Gasteiger partial charge is 0.495 e. The summed E-state index contributed by atoms with van der Waals surface area (Å²) in [6.07, 6.45) is 0.963. The van der Waals surface area contributed by atoms with Crippen LogP contribution < -0.4 is 16.0 Å². The molecule has 0 saturated carbocycles. The van der Waals surface area contributed by atoms with E-state index < -0.39 is 0 Å². The first kappa shape index (κ1) is 16.3. The monoisotopic (exact) mass is 284 g/mol. The Morgan fingerprint density at radius 2 is 2.00 bits per heavy atom. The fourth-order valence-corrected chi connectivity index (χ4v) is 2.10. The summed E-state index contributed by atoms with van der Waals surface area (Å²) in [5, 5.41) is 0.617. The third-order valence-corrected chi connectivity index (χ3v) is 4.16. The summed E-state index contributed by atoms with van der Waals surface area (Å²) in [6.45, 7) is 8.98. The highest BCUT2D eigenvalue weighted by Gasteiger charge is 2.24. The van der Waals surface area contributed by atoms with Gasteiger partial charge in [-0.1, -0.05) is 45.4 Å². The smallest absolute Gasteiger partial charge is 0.137 e. The van der Waals surface area contributed by atoms with Gasteiger partial charge in [0.2, 0.25) is 0 Å². The van der Waals surface area contributed by atoms with Crippen molar-refractivity contribution in [3.05, 3.63) is 28.8 Å². The molecule has 3 nitrogen and oxygen atoms in total. The van der Waals surface area contributed by atoms with Crippen LogP contribution >= 0.6 is 11.6 Å². The van der Waals surface area contributed by atoms with Gasteiger partial charge in [0, 0.05) is 6.04 Å². The van der Waals surface area contributed by atoms with Gasteiger partial charge in [0.1, 0.15) is 5.75 Å². The Balaban J connectivity index is 2.91. The Hall–Kier alpha value is -0.770. The number of ether oxygens (including phenoxy) is 1. The van der Waals surface area contributed by atoms with Gasteiger partial charge in [0.05, 0.1) is 12.1 Å². The lowest BCUT2D eigenvalue weighted by molar-refractivity contribution is 0.223. The van der Waals surface area contributed by atoms with Crippen LogP contribution in [0.15, 0.2) is 18.2 Å². The maximum Gasteiger partial charge on any atom is 0.137 e. The first-order valence-electron chi connectivity index (χ1n) is 6.59. The molecule has 3 N–H and O–H groups in total. The van der Waals surface area contributed by atoms with Crippen molar-refractivity contribution in [2.75, 3.05) is 7.11 Å². The second-order valence-electron chi connectivity index (χ2n) is 6.12. The van der Waals surface area contributed by atoms with E-state index in [2.05, 4.69) is 33.1 Å². The van der Waals surface area contributed by atoms with Crippen LogP contribution in [0.1, 0.15) is 45.7 Å². The van der Waals surface area contributed by atoms with Crippen molar-refractivity contribution in [3.8, 4) is 5.75 Å². The van der Waals surface area contributed by atoms with Crippen molar-refractivity contribution < 1.29 is 4.74 Å². The number of methoxy groups -OCH3 is 1. The lowest BCUT2D eigenvalue weighted by Gasteiger charge is -2.30. The molecule has 0 amide bonds. The number of hydrazine groups is 1. The molecule has 0 aliphatic carbocycles. The minimum absolute atomic E-state index is 0.0976. The summed E-state index contributed by atoms with van der Waals surface area (Å²) >= 11 is 6.05. The number of hydrogen-bond acceptors (Lipinski definition) is 3. The quantitative estimate of drug-likeness (QED) is 0.636. The van der Waals surface area contributed by atoms with Crippen LogP contribution in [-0.2, 0) is 0 Å². The van der Waals surface area contributed by atoms with Crippen LogP contribution in [0.25, 0.3) is 0 Å². The highest BCUT2D eigenvalue weighted by Crippen LogP contribution is 2.35. The van der Waals surface area contributed by atoms with E-state index in [4.69, 9.17) is 22.2 Å². The van der Waals surface area contributed by atoms with Gasteiger partial charge in [0.15, 0.2) is 0 Å². The van der Waals surface area contributed by atoms with Gasteiger partial charge < -0.3 is 4.74 Å². The summed E-state index contributed by atoms with van der Waals surface area (Å²) < 4.78 is 5.25. The number of nitrogens with one attached hydrogen (secondary N) is 1. The zero-order chi connectivity index (χ0) is 14.6. The van der Waals surface area contributed by atoms with E-state index in [-0.39, 0.29) is 11.5 Å². The molecule has 0 fully saturated rings. The Morgan fingerprint density at radius 1 is 1.37 bits per heavy atom. The van der Waals surface area contributed by atoms with E-state index >= 15 is 0 Å². The number of benzene rings is 1. The third-order valence-electron chi connectivity index (χ3n) is 3.85. The van der Waals surface area contributed by atoms with Crippen molar-refractivity contribution in [2.45, 2.75) is 40.2 Å². The third kappa shape index (κ3) is 4.37. The number of rotatable bonds is 5. The van der Waals surface area contributed by atoms with Gasteiger partial charge in [-0.3, -0.25) is 11.3 Å². The SMILES string of the molecule is COc1cc(C(CC(C)C(C)(C)C)NN)ccc1Cl. The Kier molecular flexibility index (Phi) is 5.65. The normalized spacial score (nSPS) is 15.1. The summed E-state index contributed by atoms with van der Waals surface area (Å²) in [5.41, 5.74) is 4.25. The van der Waals surface area contributed by atoms with E-state index in [0.717, 1.165) is 12.0 Å². The molecule has 1 rings (SSSR count). The highest BCUT2D eigenvalue weighted by atomic mass is 35.5. The van der Waals surface area contributed by atoms with Crippen molar-refractivity contribution in [3.63, 3.8) is 0 Å². The van der Waals surface area contributed by atoms with Crippen LogP contribution in [0.4, 0.5) is 0 Å². The average molecular weight is 285 g/mol. The molecule has 0 aliphatic rings. The van der Waals surface area contributed by atoms with Crippen LogP contribution in [0.5, 0.6) is 5.75 Å². The minimum Gasteiger partial charge on any atom is -0.495 e. The van der Waals surface area contributed by atoms with E-state index in [1.165, 1.54) is 0 Å². The van der Waals surface area contributed by atoms with E-state index in [0.29, 0.717) is 16.7 Å². The van der Waals surface area contributed by atoms with Gasteiger partial charge in [0.25, 0.3) is 0 Å². The van der Waals surface area contributed by atoms with E-state index in [1.807, 2.05) is 18.2 Å². The van der Waals surface area contributed by atoms with Gasteiger partial charge in [-0.15, -0.1) is 0 Å². The molecule has 1 aromatic rings. The maximum atomic E-state index is 6.05. The highest BCUT2D eigenvalue weighted by molar-refractivity contribution is 6.32. The molecule has 2 atom stereocenters. The molecule has 0 radical (unpaired) electrons. The standard InChI is InChI=1S/C15H25ClN2O/c1-10(15(2,3)4)8-13(18-17)11-6-7-12(16)14(9-11)19-5/h6-7,9-10,13,18H,8,17H2,1-5H3. The molecular formula is C15H25ClN2O. The van der Waals surface area contributed by atoms with Gasteiger partial charge in [-0.2, -0.15) is 0 Å². The molecule has 0 aliphatic heterocycles. The molecule has 0 saturated heterocycles. The van der Waals surface area contributed by atoms with E-state index in [1.54, 1.807) is 7.11 Å². The maximum absolute atomic E-state index is 6.05. The van der Waals surface area contributed by atoms with Crippen LogP contribution in [0, 0.1) is 11.3 Å². The zero-order valence-corrected chi connectivity index (χ0v) is 13.2. The Bertz CT molecular complexity index is 415. The predicted molar refractivity (Wildman–Crippen MR) is 81.3 cm³/mol. The van der Waals surface area contributed by atoms with Gasteiger partial charge >= 0.3 is 0 Å². The molecule has 19 heavy (non-hydrogen) atoms. The van der Waals surface area contributed by atoms with Crippen molar-refractivity contribution in [1.29, 1.82) is 0 Å². The first-order chi connectivity index (χ1) is 8.79. The lowest BCUT2D eigenvalue weighted by Crippen LogP contribution is -2.31. The van der Waals surface area contributed by atoms with Crippen molar-refractivity contribution in [2.24, 2.45) is 17.2 Å². The van der Waals surface area contributed by atoms with E-state index in [9.17, 15) is 0 Å². The molecule has 4 heteroatoms. The summed E-state index contributed by atoms with van der Waals surface area (Å²) in [5.74, 6) is 6.92. The van der Waals surface area contributed by atoms with Crippen molar-refractivity contribution >= 4 is 11.6 Å². The lowest BCUT2D eigenvalue weighted by atomic mass is 9.77.